The van der Waals surface area contributed by atoms with E-state index in [2.05, 4.69) is 15.9 Å². The predicted molar refractivity (Wildman–Crippen MR) is 82.6 cm³/mol. The molecule has 2 aromatic carbocycles. The van der Waals surface area contributed by atoms with E-state index in [0.29, 0.717) is 6.42 Å². The van der Waals surface area contributed by atoms with Crippen LogP contribution in [0.25, 0.3) is 0 Å². The van der Waals surface area contributed by atoms with E-state index in [1.807, 2.05) is 25.1 Å². The van der Waals surface area contributed by atoms with Crippen LogP contribution in [-0.2, 0) is 6.42 Å². The molecule has 0 aliphatic heterocycles. The van der Waals surface area contributed by atoms with E-state index >= 15 is 0 Å². The van der Waals surface area contributed by atoms with Gasteiger partial charge < -0.3 is 5.73 Å². The molecule has 0 saturated heterocycles. The topological polar surface area (TPSA) is 69.2 Å². The van der Waals surface area contributed by atoms with Gasteiger partial charge in [-0.25, -0.2) is 0 Å². The van der Waals surface area contributed by atoms with E-state index < -0.39 is 4.92 Å². The molecule has 0 fully saturated rings. The minimum absolute atomic E-state index is 0.0963. The maximum Gasteiger partial charge on any atom is 0.269 e. The first-order chi connectivity index (χ1) is 9.49. The lowest BCUT2D eigenvalue weighted by atomic mass is 9.98. The number of nitro groups is 1. The number of nitrogens with zero attached hydrogens (tertiary/aromatic N) is 1. The zero-order valence-corrected chi connectivity index (χ0v) is 12.6. The molecule has 1 atom stereocenters. The van der Waals surface area contributed by atoms with Gasteiger partial charge in [0.15, 0.2) is 0 Å². The number of halogens is 1. The van der Waals surface area contributed by atoms with Crippen LogP contribution in [-0.4, -0.2) is 4.92 Å². The van der Waals surface area contributed by atoms with Gasteiger partial charge in [0.25, 0.3) is 5.69 Å². The molecule has 5 heteroatoms. The fraction of sp³-hybridized carbons (Fsp3) is 0.200. The Kier molecular flexibility index (Phi) is 4.52. The molecule has 0 amide bonds. The minimum atomic E-state index is -0.402. The first-order valence-corrected chi connectivity index (χ1v) is 7.02. The van der Waals surface area contributed by atoms with Crippen molar-refractivity contribution in [3.05, 3.63) is 73.7 Å². The first kappa shape index (κ1) is 14.7. The van der Waals surface area contributed by atoms with Crippen molar-refractivity contribution in [2.75, 3.05) is 0 Å². The van der Waals surface area contributed by atoms with Gasteiger partial charge in [-0.05, 0) is 30.0 Å². The number of aryl methyl sites for hydroxylation is 1. The standard InChI is InChI=1S/C15H15BrN2O2/c1-10-3-2-4-13(15(10)16)14(17)9-11-5-7-12(8-6-11)18(19)20/h2-8,14H,9,17H2,1H3. The van der Waals surface area contributed by atoms with Crippen molar-refractivity contribution in [2.45, 2.75) is 19.4 Å². The van der Waals surface area contributed by atoms with E-state index in [1.165, 1.54) is 12.1 Å². The Morgan fingerprint density at radius 1 is 1.25 bits per heavy atom. The summed E-state index contributed by atoms with van der Waals surface area (Å²) in [5, 5.41) is 10.6. The SMILES string of the molecule is Cc1cccc(C(N)Cc2ccc([N+](=O)[O-])cc2)c1Br. The predicted octanol–water partition coefficient (Wildman–Crippen LogP) is 3.91. The summed E-state index contributed by atoms with van der Waals surface area (Å²) in [6, 6.07) is 12.4. The number of rotatable bonds is 4. The van der Waals surface area contributed by atoms with E-state index in [1.54, 1.807) is 12.1 Å². The maximum absolute atomic E-state index is 10.6. The number of benzene rings is 2. The molecule has 2 N–H and O–H groups in total. The molecule has 0 radical (unpaired) electrons. The third-order valence-electron chi connectivity index (χ3n) is 3.22. The van der Waals surface area contributed by atoms with Crippen LogP contribution in [0.2, 0.25) is 0 Å². The molecule has 0 aliphatic rings. The highest BCUT2D eigenvalue weighted by Crippen LogP contribution is 2.27. The van der Waals surface area contributed by atoms with Crippen LogP contribution in [0, 0.1) is 17.0 Å². The molecule has 0 aromatic heterocycles. The molecule has 0 bridgehead atoms. The molecule has 0 saturated carbocycles. The van der Waals surface area contributed by atoms with Gasteiger partial charge in [0.1, 0.15) is 0 Å². The Balaban J connectivity index is 2.17. The van der Waals surface area contributed by atoms with Gasteiger partial charge in [-0.2, -0.15) is 0 Å². The second kappa shape index (κ2) is 6.15. The minimum Gasteiger partial charge on any atom is -0.324 e. The molecule has 104 valence electrons. The summed E-state index contributed by atoms with van der Waals surface area (Å²) in [4.78, 5) is 10.2. The van der Waals surface area contributed by atoms with E-state index in [4.69, 9.17) is 5.73 Å². The summed E-state index contributed by atoms with van der Waals surface area (Å²) in [5.74, 6) is 0. The largest absolute Gasteiger partial charge is 0.324 e. The van der Waals surface area contributed by atoms with E-state index in [9.17, 15) is 10.1 Å². The fourth-order valence-corrected chi connectivity index (χ4v) is 2.63. The Morgan fingerprint density at radius 2 is 1.90 bits per heavy atom. The van der Waals surface area contributed by atoms with Gasteiger partial charge in [0.2, 0.25) is 0 Å². The van der Waals surface area contributed by atoms with Gasteiger partial charge in [-0.3, -0.25) is 10.1 Å². The van der Waals surface area contributed by atoms with Crippen LogP contribution >= 0.6 is 15.9 Å². The Bertz CT molecular complexity index is 626. The average Bonchev–Trinajstić information content (AvgIpc) is 2.42. The molecule has 0 spiro atoms. The quantitative estimate of drug-likeness (QED) is 0.680. The van der Waals surface area contributed by atoms with Crippen molar-refractivity contribution in [3.63, 3.8) is 0 Å². The monoisotopic (exact) mass is 334 g/mol. The van der Waals surface area contributed by atoms with Crippen molar-refractivity contribution in [3.8, 4) is 0 Å². The highest BCUT2D eigenvalue weighted by Gasteiger charge is 2.12. The lowest BCUT2D eigenvalue weighted by Gasteiger charge is -2.15. The molecular formula is C15H15BrN2O2. The normalized spacial score (nSPS) is 12.2. The first-order valence-electron chi connectivity index (χ1n) is 6.23. The van der Waals surface area contributed by atoms with Gasteiger partial charge in [-0.15, -0.1) is 0 Å². The summed E-state index contributed by atoms with van der Waals surface area (Å²) in [6.07, 6.45) is 0.639. The molecule has 2 rings (SSSR count). The van der Waals surface area contributed by atoms with Crippen LogP contribution < -0.4 is 5.73 Å². The summed E-state index contributed by atoms with van der Waals surface area (Å²) < 4.78 is 1.02. The highest BCUT2D eigenvalue weighted by atomic mass is 79.9. The second-order valence-electron chi connectivity index (χ2n) is 4.71. The van der Waals surface area contributed by atoms with Crippen molar-refractivity contribution in [1.82, 2.24) is 0 Å². The molecular weight excluding hydrogens is 320 g/mol. The highest BCUT2D eigenvalue weighted by molar-refractivity contribution is 9.10. The zero-order valence-electron chi connectivity index (χ0n) is 11.0. The Morgan fingerprint density at radius 3 is 2.50 bits per heavy atom. The van der Waals surface area contributed by atoms with Crippen molar-refractivity contribution >= 4 is 21.6 Å². The van der Waals surface area contributed by atoms with Gasteiger partial charge in [0, 0.05) is 22.6 Å². The Labute approximate surface area is 125 Å². The molecule has 1 unspecified atom stereocenters. The van der Waals surface area contributed by atoms with Crippen LogP contribution in [0.5, 0.6) is 0 Å². The summed E-state index contributed by atoms with van der Waals surface area (Å²) in [7, 11) is 0. The van der Waals surface area contributed by atoms with Crippen LogP contribution in [0.3, 0.4) is 0 Å². The van der Waals surface area contributed by atoms with E-state index in [0.717, 1.165) is 21.2 Å². The number of hydrogen-bond acceptors (Lipinski definition) is 3. The summed E-state index contributed by atoms with van der Waals surface area (Å²) in [5.41, 5.74) is 9.50. The van der Waals surface area contributed by atoms with Crippen LogP contribution in [0.4, 0.5) is 5.69 Å². The smallest absolute Gasteiger partial charge is 0.269 e. The summed E-state index contributed by atoms with van der Waals surface area (Å²) in [6.45, 7) is 2.02. The molecule has 20 heavy (non-hydrogen) atoms. The lowest BCUT2D eigenvalue weighted by Crippen LogP contribution is -2.14. The fourth-order valence-electron chi connectivity index (χ4n) is 2.07. The number of hydrogen-bond donors (Lipinski definition) is 1. The average molecular weight is 335 g/mol. The van der Waals surface area contributed by atoms with Crippen molar-refractivity contribution < 1.29 is 4.92 Å². The molecule has 2 aromatic rings. The third-order valence-corrected chi connectivity index (χ3v) is 4.31. The van der Waals surface area contributed by atoms with Crippen molar-refractivity contribution in [1.29, 1.82) is 0 Å². The lowest BCUT2D eigenvalue weighted by molar-refractivity contribution is -0.384. The number of nitro benzene ring substituents is 1. The second-order valence-corrected chi connectivity index (χ2v) is 5.51. The molecule has 0 aliphatic carbocycles. The van der Waals surface area contributed by atoms with Crippen LogP contribution in [0.15, 0.2) is 46.9 Å². The number of non-ortho nitro benzene ring substituents is 1. The Hall–Kier alpha value is -1.72. The summed E-state index contributed by atoms with van der Waals surface area (Å²) >= 11 is 3.56. The van der Waals surface area contributed by atoms with Gasteiger partial charge >= 0.3 is 0 Å². The van der Waals surface area contributed by atoms with Crippen LogP contribution in [0.1, 0.15) is 22.7 Å². The maximum atomic E-state index is 10.6. The third kappa shape index (κ3) is 3.23. The van der Waals surface area contributed by atoms with Gasteiger partial charge in [-0.1, -0.05) is 46.3 Å². The molecule has 0 heterocycles. The van der Waals surface area contributed by atoms with Crippen molar-refractivity contribution in [2.24, 2.45) is 5.73 Å². The van der Waals surface area contributed by atoms with E-state index in [-0.39, 0.29) is 11.7 Å². The van der Waals surface area contributed by atoms with Gasteiger partial charge in [0.05, 0.1) is 4.92 Å². The molecule has 4 nitrogen and oxygen atoms in total. The number of nitrogens with two attached hydrogens (primary N) is 1. The zero-order chi connectivity index (χ0) is 14.7.